The molecule has 0 saturated heterocycles. The van der Waals surface area contributed by atoms with Gasteiger partial charge < -0.3 is 5.32 Å². The molecule has 26 heavy (non-hydrogen) atoms. The van der Waals surface area contributed by atoms with Gasteiger partial charge in [0.1, 0.15) is 5.82 Å². The maximum atomic E-state index is 13.2. The summed E-state index contributed by atoms with van der Waals surface area (Å²) in [5, 5.41) is 2.81. The zero-order valence-electron chi connectivity index (χ0n) is 14.4. The molecule has 1 amide bonds. The van der Waals surface area contributed by atoms with Crippen molar-refractivity contribution in [2.45, 2.75) is 24.3 Å². The van der Waals surface area contributed by atoms with Crippen LogP contribution in [-0.2, 0) is 4.79 Å². The minimum absolute atomic E-state index is 0.230. The molecule has 3 aromatic rings. The van der Waals surface area contributed by atoms with Gasteiger partial charge in [-0.1, -0.05) is 48.2 Å². The number of hydrogen-bond acceptors (Lipinski definition) is 4. The fourth-order valence-electron chi connectivity index (χ4n) is 2.37. The van der Waals surface area contributed by atoms with Crippen molar-refractivity contribution < 1.29 is 9.18 Å². The zero-order chi connectivity index (χ0) is 18.5. The van der Waals surface area contributed by atoms with Crippen LogP contribution in [0.25, 0.3) is 11.3 Å². The van der Waals surface area contributed by atoms with Gasteiger partial charge in [0, 0.05) is 16.9 Å². The summed E-state index contributed by atoms with van der Waals surface area (Å²) in [6, 6.07) is 17.6. The predicted octanol–water partition coefficient (Wildman–Crippen LogP) is 4.71. The Kier molecular flexibility index (Phi) is 5.63. The van der Waals surface area contributed by atoms with Gasteiger partial charge in [0.15, 0.2) is 5.16 Å². The maximum Gasteiger partial charge on any atom is 0.237 e. The molecule has 0 aliphatic rings. The number of carbonyl (C=O) groups is 1. The number of thioether (sulfide) groups is 1. The second-order valence-corrected chi connectivity index (χ2v) is 7.11. The van der Waals surface area contributed by atoms with Gasteiger partial charge in [0.05, 0.1) is 10.9 Å². The van der Waals surface area contributed by atoms with Crippen molar-refractivity contribution in [3.05, 3.63) is 72.2 Å². The SMILES string of the molecule is Cc1cc(-c2ccccc2)nc(S[C@@H](C)C(=O)Nc2cccc(F)c2)n1. The second kappa shape index (κ2) is 8.10. The van der Waals surface area contributed by atoms with E-state index < -0.39 is 11.1 Å². The molecule has 0 aliphatic carbocycles. The van der Waals surface area contributed by atoms with Gasteiger partial charge in [-0.05, 0) is 38.1 Å². The van der Waals surface area contributed by atoms with Crippen LogP contribution in [-0.4, -0.2) is 21.1 Å². The molecule has 0 fully saturated rings. The highest BCUT2D eigenvalue weighted by atomic mass is 32.2. The van der Waals surface area contributed by atoms with E-state index in [0.717, 1.165) is 17.0 Å². The van der Waals surface area contributed by atoms with Crippen LogP contribution in [0.1, 0.15) is 12.6 Å². The lowest BCUT2D eigenvalue weighted by molar-refractivity contribution is -0.115. The molecule has 2 aromatic carbocycles. The van der Waals surface area contributed by atoms with E-state index in [-0.39, 0.29) is 5.91 Å². The van der Waals surface area contributed by atoms with Gasteiger partial charge >= 0.3 is 0 Å². The van der Waals surface area contributed by atoms with Gasteiger partial charge in [-0.25, -0.2) is 14.4 Å². The first kappa shape index (κ1) is 18.1. The van der Waals surface area contributed by atoms with Crippen LogP contribution in [0, 0.1) is 12.7 Å². The van der Waals surface area contributed by atoms with Crippen molar-refractivity contribution in [1.82, 2.24) is 9.97 Å². The number of hydrogen-bond donors (Lipinski definition) is 1. The number of benzene rings is 2. The number of anilines is 1. The molecule has 1 heterocycles. The Bertz CT molecular complexity index is 918. The summed E-state index contributed by atoms with van der Waals surface area (Å²) in [4.78, 5) is 21.3. The zero-order valence-corrected chi connectivity index (χ0v) is 15.3. The number of aromatic nitrogens is 2. The number of carbonyl (C=O) groups excluding carboxylic acids is 1. The Balaban J connectivity index is 1.73. The quantitative estimate of drug-likeness (QED) is 0.524. The van der Waals surface area contributed by atoms with E-state index in [1.54, 1.807) is 19.1 Å². The molecule has 1 N–H and O–H groups in total. The molecule has 3 rings (SSSR count). The van der Waals surface area contributed by atoms with Gasteiger partial charge in [0.2, 0.25) is 5.91 Å². The summed E-state index contributed by atoms with van der Waals surface area (Å²) in [6.45, 7) is 3.67. The van der Waals surface area contributed by atoms with E-state index in [0.29, 0.717) is 10.8 Å². The fraction of sp³-hybridized carbons (Fsp3) is 0.150. The maximum absolute atomic E-state index is 13.2. The summed E-state index contributed by atoms with van der Waals surface area (Å²) in [5.41, 5.74) is 3.08. The van der Waals surface area contributed by atoms with Gasteiger partial charge in [-0.15, -0.1) is 0 Å². The molecule has 1 atom stereocenters. The molecule has 0 radical (unpaired) electrons. The highest BCUT2D eigenvalue weighted by molar-refractivity contribution is 8.00. The molecule has 0 spiro atoms. The third-order valence-corrected chi connectivity index (χ3v) is 4.61. The minimum Gasteiger partial charge on any atom is -0.325 e. The van der Waals surface area contributed by atoms with E-state index in [1.165, 1.54) is 23.9 Å². The number of nitrogens with one attached hydrogen (secondary N) is 1. The average Bonchev–Trinajstić information content (AvgIpc) is 2.62. The molecule has 4 nitrogen and oxygen atoms in total. The number of amides is 1. The number of nitrogens with zero attached hydrogens (tertiary/aromatic N) is 2. The Labute approximate surface area is 155 Å². The van der Waals surface area contributed by atoms with Crippen molar-refractivity contribution in [2.24, 2.45) is 0 Å². The topological polar surface area (TPSA) is 54.9 Å². The summed E-state index contributed by atoms with van der Waals surface area (Å²) < 4.78 is 13.2. The summed E-state index contributed by atoms with van der Waals surface area (Å²) in [7, 11) is 0. The summed E-state index contributed by atoms with van der Waals surface area (Å²) in [6.07, 6.45) is 0. The second-order valence-electron chi connectivity index (χ2n) is 5.80. The van der Waals surface area contributed by atoms with Gasteiger partial charge in [0.25, 0.3) is 0 Å². The number of rotatable bonds is 5. The molecule has 0 aliphatic heterocycles. The standard InChI is InChI=1S/C20H18FN3OS/c1-13-11-18(15-7-4-3-5-8-15)24-20(22-13)26-14(2)19(25)23-17-10-6-9-16(21)12-17/h3-12,14H,1-2H3,(H,23,25)/t14-/m0/s1. The monoisotopic (exact) mass is 367 g/mol. The third kappa shape index (κ3) is 4.67. The fourth-order valence-corrected chi connectivity index (χ4v) is 3.20. The van der Waals surface area contributed by atoms with Gasteiger partial charge in [-0.3, -0.25) is 4.79 Å². The van der Waals surface area contributed by atoms with Crippen LogP contribution >= 0.6 is 11.8 Å². The first-order valence-corrected chi connectivity index (χ1v) is 9.03. The third-order valence-electron chi connectivity index (χ3n) is 3.65. The average molecular weight is 367 g/mol. The normalized spacial score (nSPS) is 11.8. The van der Waals surface area contributed by atoms with Crippen molar-refractivity contribution >= 4 is 23.4 Å². The molecule has 0 bridgehead atoms. The lowest BCUT2D eigenvalue weighted by atomic mass is 10.1. The number of aryl methyl sites for hydroxylation is 1. The Morgan fingerprint density at radius 3 is 2.58 bits per heavy atom. The molecule has 6 heteroatoms. The molecule has 0 saturated carbocycles. The van der Waals surface area contributed by atoms with E-state index in [2.05, 4.69) is 15.3 Å². The summed E-state index contributed by atoms with van der Waals surface area (Å²) >= 11 is 1.27. The van der Waals surface area contributed by atoms with Crippen molar-refractivity contribution in [1.29, 1.82) is 0 Å². The van der Waals surface area contributed by atoms with Crippen LogP contribution in [0.3, 0.4) is 0 Å². The van der Waals surface area contributed by atoms with Crippen LogP contribution in [0.15, 0.2) is 65.8 Å². The van der Waals surface area contributed by atoms with Crippen molar-refractivity contribution in [3.8, 4) is 11.3 Å². The Morgan fingerprint density at radius 2 is 1.85 bits per heavy atom. The molecule has 1 aromatic heterocycles. The minimum atomic E-state index is -0.427. The molecule has 132 valence electrons. The lowest BCUT2D eigenvalue weighted by Crippen LogP contribution is -2.22. The first-order valence-electron chi connectivity index (χ1n) is 8.15. The predicted molar refractivity (Wildman–Crippen MR) is 103 cm³/mol. The van der Waals surface area contributed by atoms with Crippen molar-refractivity contribution in [2.75, 3.05) is 5.32 Å². The first-order chi connectivity index (χ1) is 12.5. The lowest BCUT2D eigenvalue weighted by Gasteiger charge is -2.12. The van der Waals surface area contributed by atoms with E-state index in [1.807, 2.05) is 43.3 Å². The van der Waals surface area contributed by atoms with Gasteiger partial charge in [-0.2, -0.15) is 0 Å². The van der Waals surface area contributed by atoms with E-state index in [9.17, 15) is 9.18 Å². The number of halogens is 1. The summed E-state index contributed by atoms with van der Waals surface area (Å²) in [5.74, 6) is -0.621. The van der Waals surface area contributed by atoms with Crippen LogP contribution in [0.4, 0.5) is 10.1 Å². The highest BCUT2D eigenvalue weighted by Crippen LogP contribution is 2.25. The van der Waals surface area contributed by atoms with Crippen LogP contribution in [0.2, 0.25) is 0 Å². The molecule has 0 unspecified atom stereocenters. The van der Waals surface area contributed by atoms with Crippen LogP contribution in [0.5, 0.6) is 0 Å². The van der Waals surface area contributed by atoms with E-state index >= 15 is 0 Å². The Morgan fingerprint density at radius 1 is 1.08 bits per heavy atom. The van der Waals surface area contributed by atoms with Crippen molar-refractivity contribution in [3.63, 3.8) is 0 Å². The largest absolute Gasteiger partial charge is 0.325 e. The van der Waals surface area contributed by atoms with Crippen LogP contribution < -0.4 is 5.32 Å². The molecular formula is C20H18FN3OS. The highest BCUT2D eigenvalue weighted by Gasteiger charge is 2.17. The Hall–Kier alpha value is -2.73. The smallest absolute Gasteiger partial charge is 0.237 e. The molecular weight excluding hydrogens is 349 g/mol. The van der Waals surface area contributed by atoms with E-state index in [4.69, 9.17) is 0 Å².